The standard InChI is InChI=1S/C13H18N2O3S2/c1-19-12-7-3-2-6-11(12)13(16)15-8-4-5-10(9-15)20(14,17)18/h2-3,6-7,10H,4-5,8-9H2,1H3,(H2,14,17,18). The highest BCUT2D eigenvalue weighted by molar-refractivity contribution is 7.98. The third kappa shape index (κ3) is 3.34. The van der Waals surface area contributed by atoms with Crippen molar-refractivity contribution in [3.8, 4) is 0 Å². The van der Waals surface area contributed by atoms with Gasteiger partial charge in [0.15, 0.2) is 0 Å². The van der Waals surface area contributed by atoms with E-state index in [1.54, 1.807) is 11.0 Å². The van der Waals surface area contributed by atoms with Crippen LogP contribution in [0.25, 0.3) is 0 Å². The molecule has 1 heterocycles. The molecule has 20 heavy (non-hydrogen) atoms. The molecule has 0 saturated carbocycles. The van der Waals surface area contributed by atoms with Gasteiger partial charge in [-0.2, -0.15) is 0 Å². The van der Waals surface area contributed by atoms with E-state index in [-0.39, 0.29) is 12.5 Å². The maximum atomic E-state index is 12.5. The van der Waals surface area contributed by atoms with Gasteiger partial charge in [-0.15, -0.1) is 11.8 Å². The molecular weight excluding hydrogens is 296 g/mol. The highest BCUT2D eigenvalue weighted by Crippen LogP contribution is 2.23. The zero-order valence-corrected chi connectivity index (χ0v) is 12.9. The van der Waals surface area contributed by atoms with E-state index in [2.05, 4.69) is 0 Å². The summed E-state index contributed by atoms with van der Waals surface area (Å²) in [6, 6.07) is 7.35. The van der Waals surface area contributed by atoms with Gasteiger partial charge in [0, 0.05) is 18.0 Å². The van der Waals surface area contributed by atoms with Crippen LogP contribution in [0, 0.1) is 0 Å². The van der Waals surface area contributed by atoms with Crippen molar-refractivity contribution < 1.29 is 13.2 Å². The third-order valence-corrected chi connectivity index (χ3v) is 5.58. The second kappa shape index (κ2) is 6.15. The second-order valence-electron chi connectivity index (χ2n) is 4.80. The molecule has 2 rings (SSSR count). The van der Waals surface area contributed by atoms with Gasteiger partial charge in [0.1, 0.15) is 0 Å². The average Bonchev–Trinajstić information content (AvgIpc) is 2.45. The fourth-order valence-corrected chi connectivity index (χ4v) is 3.86. The lowest BCUT2D eigenvalue weighted by Crippen LogP contribution is -2.47. The fraction of sp³-hybridized carbons (Fsp3) is 0.462. The predicted octanol–water partition coefficient (Wildman–Crippen LogP) is 1.30. The molecule has 1 aliphatic rings. The van der Waals surface area contributed by atoms with E-state index < -0.39 is 15.3 Å². The molecule has 1 saturated heterocycles. The van der Waals surface area contributed by atoms with Gasteiger partial charge in [-0.3, -0.25) is 4.79 Å². The summed E-state index contributed by atoms with van der Waals surface area (Å²) in [4.78, 5) is 15.0. The second-order valence-corrected chi connectivity index (χ2v) is 7.50. The van der Waals surface area contributed by atoms with Gasteiger partial charge >= 0.3 is 0 Å². The molecule has 110 valence electrons. The number of carbonyl (C=O) groups excluding carboxylic acids is 1. The molecule has 5 nitrogen and oxygen atoms in total. The van der Waals surface area contributed by atoms with Crippen molar-refractivity contribution in [2.75, 3.05) is 19.3 Å². The number of thioether (sulfide) groups is 1. The fourth-order valence-electron chi connectivity index (χ4n) is 2.38. The van der Waals surface area contributed by atoms with Gasteiger partial charge in [-0.25, -0.2) is 13.6 Å². The minimum atomic E-state index is -3.59. The van der Waals surface area contributed by atoms with Crippen molar-refractivity contribution in [3.63, 3.8) is 0 Å². The molecule has 1 fully saturated rings. The Morgan fingerprint density at radius 1 is 1.40 bits per heavy atom. The van der Waals surface area contributed by atoms with Crippen LogP contribution in [0.1, 0.15) is 23.2 Å². The van der Waals surface area contributed by atoms with Crippen molar-refractivity contribution in [2.24, 2.45) is 5.14 Å². The van der Waals surface area contributed by atoms with Crippen LogP contribution in [0.15, 0.2) is 29.2 Å². The average molecular weight is 314 g/mol. The number of primary sulfonamides is 1. The Morgan fingerprint density at radius 3 is 2.75 bits per heavy atom. The van der Waals surface area contributed by atoms with E-state index in [4.69, 9.17) is 5.14 Å². The molecular formula is C13H18N2O3S2. The van der Waals surface area contributed by atoms with E-state index in [0.29, 0.717) is 24.9 Å². The van der Waals surface area contributed by atoms with Gasteiger partial charge in [-0.1, -0.05) is 12.1 Å². The number of likely N-dealkylation sites (tertiary alicyclic amines) is 1. The van der Waals surface area contributed by atoms with Crippen LogP contribution < -0.4 is 5.14 Å². The monoisotopic (exact) mass is 314 g/mol. The Kier molecular flexibility index (Phi) is 4.72. The maximum Gasteiger partial charge on any atom is 0.255 e. The normalized spacial score (nSPS) is 19.9. The summed E-state index contributed by atoms with van der Waals surface area (Å²) in [6.45, 7) is 0.758. The van der Waals surface area contributed by atoms with Crippen LogP contribution in [0.3, 0.4) is 0 Å². The third-order valence-electron chi connectivity index (χ3n) is 3.47. The first kappa shape index (κ1) is 15.3. The van der Waals surface area contributed by atoms with Crippen molar-refractivity contribution >= 4 is 27.7 Å². The Bertz CT molecular complexity index is 601. The maximum absolute atomic E-state index is 12.5. The van der Waals surface area contributed by atoms with Gasteiger partial charge in [0.2, 0.25) is 10.0 Å². The van der Waals surface area contributed by atoms with Crippen LogP contribution in [0.2, 0.25) is 0 Å². The highest BCUT2D eigenvalue weighted by atomic mass is 32.2. The molecule has 1 aliphatic heterocycles. The molecule has 0 spiro atoms. The molecule has 0 aliphatic carbocycles. The number of amides is 1. The SMILES string of the molecule is CSc1ccccc1C(=O)N1CCCC(S(N)(=O)=O)C1. The zero-order valence-electron chi connectivity index (χ0n) is 11.3. The lowest BCUT2D eigenvalue weighted by Gasteiger charge is -2.31. The molecule has 7 heteroatoms. The first-order valence-corrected chi connectivity index (χ1v) is 9.21. The van der Waals surface area contributed by atoms with Crippen LogP contribution in [0.5, 0.6) is 0 Å². The highest BCUT2D eigenvalue weighted by Gasteiger charge is 2.31. The first-order valence-electron chi connectivity index (χ1n) is 6.37. The summed E-state index contributed by atoms with van der Waals surface area (Å²) in [5.74, 6) is -0.122. The topological polar surface area (TPSA) is 80.5 Å². The number of hydrogen-bond donors (Lipinski definition) is 1. The molecule has 1 aromatic rings. The Balaban J connectivity index is 2.21. The molecule has 0 aromatic heterocycles. The smallest absolute Gasteiger partial charge is 0.255 e. The number of benzene rings is 1. The first-order chi connectivity index (χ1) is 9.43. The minimum absolute atomic E-state index is 0.122. The molecule has 1 unspecified atom stereocenters. The lowest BCUT2D eigenvalue weighted by molar-refractivity contribution is 0.0723. The number of nitrogens with two attached hydrogens (primary N) is 1. The van der Waals surface area contributed by atoms with E-state index in [1.165, 1.54) is 11.8 Å². The van der Waals surface area contributed by atoms with Crippen LogP contribution in [-0.2, 0) is 10.0 Å². The molecule has 1 atom stereocenters. The van der Waals surface area contributed by atoms with E-state index in [1.807, 2.05) is 24.5 Å². The summed E-state index contributed by atoms with van der Waals surface area (Å²) >= 11 is 1.50. The number of piperidine rings is 1. The van der Waals surface area contributed by atoms with Crippen molar-refractivity contribution in [1.29, 1.82) is 0 Å². The number of sulfonamides is 1. The summed E-state index contributed by atoms with van der Waals surface area (Å²) in [6.07, 6.45) is 3.09. The van der Waals surface area contributed by atoms with Gasteiger partial charge in [0.05, 0.1) is 10.8 Å². The zero-order chi connectivity index (χ0) is 14.8. The predicted molar refractivity (Wildman–Crippen MR) is 80.3 cm³/mol. The van der Waals surface area contributed by atoms with Crippen molar-refractivity contribution in [1.82, 2.24) is 4.90 Å². The molecule has 1 amide bonds. The molecule has 2 N–H and O–H groups in total. The Hall–Kier alpha value is -1.05. The quantitative estimate of drug-likeness (QED) is 0.853. The summed E-state index contributed by atoms with van der Waals surface area (Å²) in [7, 11) is -3.59. The van der Waals surface area contributed by atoms with Gasteiger partial charge in [0.25, 0.3) is 5.91 Å². The lowest BCUT2D eigenvalue weighted by atomic mass is 10.1. The minimum Gasteiger partial charge on any atom is -0.337 e. The largest absolute Gasteiger partial charge is 0.337 e. The number of carbonyl (C=O) groups is 1. The molecule has 1 aromatic carbocycles. The van der Waals surface area contributed by atoms with E-state index in [0.717, 1.165) is 4.90 Å². The van der Waals surface area contributed by atoms with Gasteiger partial charge in [-0.05, 0) is 31.2 Å². The Morgan fingerprint density at radius 2 is 2.10 bits per heavy atom. The number of rotatable bonds is 3. The van der Waals surface area contributed by atoms with E-state index >= 15 is 0 Å². The molecule has 0 radical (unpaired) electrons. The van der Waals surface area contributed by atoms with Crippen LogP contribution in [-0.4, -0.2) is 43.8 Å². The Labute approximate surface area is 123 Å². The van der Waals surface area contributed by atoms with Crippen LogP contribution in [0.4, 0.5) is 0 Å². The number of nitrogens with zero attached hydrogens (tertiary/aromatic N) is 1. The van der Waals surface area contributed by atoms with Gasteiger partial charge < -0.3 is 4.90 Å². The molecule has 0 bridgehead atoms. The summed E-state index contributed by atoms with van der Waals surface area (Å²) < 4.78 is 22.9. The van der Waals surface area contributed by atoms with Crippen molar-refractivity contribution in [2.45, 2.75) is 23.0 Å². The number of hydrogen-bond acceptors (Lipinski definition) is 4. The van der Waals surface area contributed by atoms with E-state index in [9.17, 15) is 13.2 Å². The van der Waals surface area contributed by atoms with Crippen LogP contribution >= 0.6 is 11.8 Å². The summed E-state index contributed by atoms with van der Waals surface area (Å²) in [5.41, 5.74) is 0.620. The van der Waals surface area contributed by atoms with Crippen molar-refractivity contribution in [3.05, 3.63) is 29.8 Å². The summed E-state index contributed by atoms with van der Waals surface area (Å²) in [5, 5.41) is 4.55.